The van der Waals surface area contributed by atoms with E-state index in [9.17, 15) is 4.79 Å². The molecule has 0 saturated carbocycles. The van der Waals surface area contributed by atoms with E-state index in [0.717, 1.165) is 24.2 Å². The van der Waals surface area contributed by atoms with Crippen molar-refractivity contribution < 1.29 is 9.90 Å². The van der Waals surface area contributed by atoms with E-state index in [1.807, 2.05) is 18.0 Å². The maximum atomic E-state index is 10.8. The molecule has 1 aromatic carbocycles. The molecule has 92 valence electrons. The first-order valence-electron chi connectivity index (χ1n) is 5.41. The number of rotatable bonds is 2. The van der Waals surface area contributed by atoms with E-state index >= 15 is 0 Å². The second-order valence-electron chi connectivity index (χ2n) is 4.33. The summed E-state index contributed by atoms with van der Waals surface area (Å²) in [5.74, 6) is -0.795. The minimum atomic E-state index is -0.790. The molecule has 0 bridgehead atoms. The van der Waals surface area contributed by atoms with Gasteiger partial charge in [-0.25, -0.2) is 0 Å². The van der Waals surface area contributed by atoms with Crippen molar-refractivity contribution in [3.63, 3.8) is 0 Å². The van der Waals surface area contributed by atoms with Gasteiger partial charge in [0.25, 0.3) is 0 Å². The molecule has 0 aromatic heterocycles. The molecule has 0 fully saturated rings. The summed E-state index contributed by atoms with van der Waals surface area (Å²) < 4.78 is 0. The number of aliphatic carboxylic acids is 1. The fourth-order valence-electron chi connectivity index (χ4n) is 2.34. The number of halogens is 2. The van der Waals surface area contributed by atoms with Gasteiger partial charge < -0.3 is 10.0 Å². The molecular formula is C12H13Cl2NO2. The largest absolute Gasteiger partial charge is 0.481 e. The number of carbonyl (C=O) groups is 1. The van der Waals surface area contributed by atoms with Crippen molar-refractivity contribution in [2.75, 3.05) is 18.5 Å². The van der Waals surface area contributed by atoms with Crippen LogP contribution in [0.4, 0.5) is 5.69 Å². The van der Waals surface area contributed by atoms with Crippen LogP contribution in [-0.2, 0) is 4.79 Å². The highest BCUT2D eigenvalue weighted by Crippen LogP contribution is 2.42. The Kier molecular flexibility index (Phi) is 3.50. The zero-order valence-electron chi connectivity index (χ0n) is 9.41. The Labute approximate surface area is 110 Å². The van der Waals surface area contributed by atoms with Gasteiger partial charge >= 0.3 is 5.97 Å². The SMILES string of the molecule is CN1CCC(CC(=O)O)c2cc(Cl)cc(Cl)c21. The van der Waals surface area contributed by atoms with Crippen LogP contribution in [0.25, 0.3) is 0 Å². The Morgan fingerprint density at radius 3 is 2.88 bits per heavy atom. The maximum Gasteiger partial charge on any atom is 0.303 e. The van der Waals surface area contributed by atoms with E-state index in [1.54, 1.807) is 6.07 Å². The molecule has 1 aliphatic heterocycles. The van der Waals surface area contributed by atoms with E-state index in [1.165, 1.54) is 0 Å². The fourth-order valence-corrected chi connectivity index (χ4v) is 2.99. The molecule has 1 aromatic rings. The summed E-state index contributed by atoms with van der Waals surface area (Å²) in [6.45, 7) is 0.812. The standard InChI is InChI=1S/C12H13Cl2NO2/c1-15-3-2-7(4-11(16)17)9-5-8(13)6-10(14)12(9)15/h5-7H,2-4H2,1H3,(H,16,17). The van der Waals surface area contributed by atoms with Gasteiger partial charge in [0.15, 0.2) is 0 Å². The number of carboxylic acid groups (broad SMARTS) is 1. The van der Waals surface area contributed by atoms with E-state index < -0.39 is 5.97 Å². The number of hydrogen-bond acceptors (Lipinski definition) is 2. The van der Waals surface area contributed by atoms with Gasteiger partial charge in [-0.3, -0.25) is 4.79 Å². The van der Waals surface area contributed by atoms with Crippen LogP contribution in [0, 0.1) is 0 Å². The number of carboxylic acids is 1. The first-order chi connectivity index (χ1) is 7.99. The molecule has 1 unspecified atom stereocenters. The third-order valence-corrected chi connectivity index (χ3v) is 3.62. The molecule has 1 heterocycles. The fraction of sp³-hybridized carbons (Fsp3) is 0.417. The lowest BCUT2D eigenvalue weighted by Gasteiger charge is -2.33. The molecular weight excluding hydrogens is 261 g/mol. The third kappa shape index (κ3) is 2.50. The van der Waals surface area contributed by atoms with Gasteiger partial charge in [-0.15, -0.1) is 0 Å². The Hall–Kier alpha value is -0.930. The highest BCUT2D eigenvalue weighted by atomic mass is 35.5. The Morgan fingerprint density at radius 1 is 1.53 bits per heavy atom. The van der Waals surface area contributed by atoms with Crippen molar-refractivity contribution in [3.8, 4) is 0 Å². The summed E-state index contributed by atoms with van der Waals surface area (Å²) in [5, 5.41) is 10.1. The molecule has 0 spiro atoms. The molecule has 0 saturated heterocycles. The predicted octanol–water partition coefficient (Wildman–Crippen LogP) is 3.39. The first-order valence-corrected chi connectivity index (χ1v) is 6.16. The molecule has 3 nitrogen and oxygen atoms in total. The van der Waals surface area contributed by atoms with Crippen LogP contribution in [0.15, 0.2) is 12.1 Å². The van der Waals surface area contributed by atoms with Crippen LogP contribution in [0.5, 0.6) is 0 Å². The molecule has 1 atom stereocenters. The van der Waals surface area contributed by atoms with Gasteiger partial charge in [-0.1, -0.05) is 23.2 Å². The van der Waals surface area contributed by atoms with Crippen LogP contribution in [0.3, 0.4) is 0 Å². The Bertz CT molecular complexity index is 462. The number of hydrogen-bond donors (Lipinski definition) is 1. The molecule has 1 N–H and O–H groups in total. The minimum Gasteiger partial charge on any atom is -0.481 e. The van der Waals surface area contributed by atoms with E-state index in [0.29, 0.717) is 10.0 Å². The van der Waals surface area contributed by atoms with Gasteiger partial charge in [0, 0.05) is 18.6 Å². The van der Waals surface area contributed by atoms with Crippen molar-refractivity contribution in [2.45, 2.75) is 18.8 Å². The average molecular weight is 274 g/mol. The zero-order valence-corrected chi connectivity index (χ0v) is 10.9. The van der Waals surface area contributed by atoms with Crippen LogP contribution in [0.1, 0.15) is 24.3 Å². The van der Waals surface area contributed by atoms with Gasteiger partial charge in [-0.2, -0.15) is 0 Å². The summed E-state index contributed by atoms with van der Waals surface area (Å²) in [6, 6.07) is 3.52. The molecule has 2 rings (SSSR count). The second kappa shape index (κ2) is 4.75. The van der Waals surface area contributed by atoms with E-state index in [4.69, 9.17) is 28.3 Å². The van der Waals surface area contributed by atoms with Gasteiger partial charge in [0.05, 0.1) is 17.1 Å². The van der Waals surface area contributed by atoms with Crippen LogP contribution in [-0.4, -0.2) is 24.7 Å². The topological polar surface area (TPSA) is 40.5 Å². The van der Waals surface area contributed by atoms with E-state index in [-0.39, 0.29) is 12.3 Å². The van der Waals surface area contributed by atoms with Gasteiger partial charge in [0.1, 0.15) is 0 Å². The van der Waals surface area contributed by atoms with Crippen molar-refractivity contribution in [1.29, 1.82) is 0 Å². The summed E-state index contributed by atoms with van der Waals surface area (Å²) in [7, 11) is 1.95. The van der Waals surface area contributed by atoms with Crippen molar-refractivity contribution in [1.82, 2.24) is 0 Å². The minimum absolute atomic E-state index is 0.00472. The van der Waals surface area contributed by atoms with Crippen molar-refractivity contribution in [2.24, 2.45) is 0 Å². The Morgan fingerprint density at radius 2 is 2.24 bits per heavy atom. The van der Waals surface area contributed by atoms with Crippen molar-refractivity contribution >= 4 is 34.9 Å². The summed E-state index contributed by atoms with van der Waals surface area (Å²) in [4.78, 5) is 12.9. The lowest BCUT2D eigenvalue weighted by molar-refractivity contribution is -0.137. The number of anilines is 1. The first kappa shape index (κ1) is 12.5. The van der Waals surface area contributed by atoms with Crippen LogP contribution in [0.2, 0.25) is 10.0 Å². The normalized spacial score (nSPS) is 19.0. The highest BCUT2D eigenvalue weighted by Gasteiger charge is 2.27. The average Bonchev–Trinajstić information content (AvgIpc) is 2.20. The molecule has 0 radical (unpaired) electrons. The zero-order chi connectivity index (χ0) is 12.6. The number of fused-ring (bicyclic) bond motifs is 1. The van der Waals surface area contributed by atoms with Gasteiger partial charge in [0.2, 0.25) is 0 Å². The second-order valence-corrected chi connectivity index (χ2v) is 5.17. The van der Waals surface area contributed by atoms with E-state index in [2.05, 4.69) is 0 Å². The molecule has 0 amide bonds. The van der Waals surface area contributed by atoms with Crippen LogP contribution >= 0.6 is 23.2 Å². The quantitative estimate of drug-likeness (QED) is 0.898. The highest BCUT2D eigenvalue weighted by molar-refractivity contribution is 6.36. The van der Waals surface area contributed by atoms with Gasteiger partial charge in [-0.05, 0) is 30.0 Å². The van der Waals surface area contributed by atoms with Crippen molar-refractivity contribution in [3.05, 3.63) is 27.7 Å². The number of nitrogens with zero attached hydrogens (tertiary/aromatic N) is 1. The Balaban J connectivity index is 2.47. The molecule has 5 heteroatoms. The monoisotopic (exact) mass is 273 g/mol. The molecule has 0 aliphatic carbocycles. The summed E-state index contributed by atoms with van der Waals surface area (Å²) in [6.07, 6.45) is 0.935. The lowest BCUT2D eigenvalue weighted by Crippen LogP contribution is -2.28. The van der Waals surface area contributed by atoms with Crippen LogP contribution < -0.4 is 4.90 Å². The summed E-state index contributed by atoms with van der Waals surface area (Å²) >= 11 is 12.2. The summed E-state index contributed by atoms with van der Waals surface area (Å²) in [5.41, 5.74) is 1.85. The lowest BCUT2D eigenvalue weighted by atomic mass is 9.87. The maximum absolute atomic E-state index is 10.8. The third-order valence-electron chi connectivity index (χ3n) is 3.11. The molecule has 17 heavy (non-hydrogen) atoms. The smallest absolute Gasteiger partial charge is 0.303 e. The predicted molar refractivity (Wildman–Crippen MR) is 69.3 cm³/mol. The molecule has 1 aliphatic rings. The number of benzene rings is 1.